The van der Waals surface area contributed by atoms with Crippen LogP contribution in [0.25, 0.3) is 22.1 Å². The van der Waals surface area contributed by atoms with Gasteiger partial charge in [0.2, 0.25) is 0 Å². The summed E-state index contributed by atoms with van der Waals surface area (Å²) in [5, 5.41) is 21.0. The van der Waals surface area contributed by atoms with Crippen molar-refractivity contribution in [1.29, 1.82) is 0 Å². The van der Waals surface area contributed by atoms with Crippen LogP contribution >= 0.6 is 0 Å². The molecule has 1 aliphatic carbocycles. The molecule has 5 heteroatoms. The van der Waals surface area contributed by atoms with E-state index in [2.05, 4.69) is 0 Å². The molecule has 0 fully saturated rings. The summed E-state index contributed by atoms with van der Waals surface area (Å²) in [7, 11) is 1.55. The van der Waals surface area contributed by atoms with Crippen molar-refractivity contribution >= 4 is 11.0 Å². The number of fused-ring (bicyclic) bond motifs is 5. The number of rotatable bonds is 3. The van der Waals surface area contributed by atoms with E-state index < -0.39 is 5.63 Å². The van der Waals surface area contributed by atoms with Crippen molar-refractivity contribution in [3.8, 4) is 28.4 Å². The molecule has 5 nitrogen and oxygen atoms in total. The minimum atomic E-state index is -0.458. The Hall–Kier alpha value is -3.21. The fourth-order valence-electron chi connectivity index (χ4n) is 3.77. The number of hydrogen-bond acceptors (Lipinski definition) is 5. The van der Waals surface area contributed by atoms with E-state index in [-0.39, 0.29) is 11.5 Å². The molecule has 1 heterocycles. The molecule has 0 unspecified atom stereocenters. The standard InChI is InChI=1S/C22H20O5/c1-11(2)4-6-15-17(24)10-18-20(21(15)26-3)16-9-12-8-13(23)5-7-14(12)19(16)22(25)27-18/h4-5,7-8,10,23-24H,6,9H2,1-3H3. The summed E-state index contributed by atoms with van der Waals surface area (Å²) in [4.78, 5) is 12.6. The zero-order valence-electron chi connectivity index (χ0n) is 15.4. The Morgan fingerprint density at radius 2 is 2.04 bits per heavy atom. The molecule has 0 saturated carbocycles. The summed E-state index contributed by atoms with van der Waals surface area (Å²) < 4.78 is 11.2. The molecule has 0 bridgehead atoms. The van der Waals surface area contributed by atoms with Gasteiger partial charge in [-0.25, -0.2) is 4.79 Å². The summed E-state index contributed by atoms with van der Waals surface area (Å²) in [6, 6.07) is 6.44. The minimum absolute atomic E-state index is 0.0353. The fourth-order valence-corrected chi connectivity index (χ4v) is 3.77. The molecule has 0 aliphatic heterocycles. The maximum Gasteiger partial charge on any atom is 0.344 e. The van der Waals surface area contributed by atoms with Gasteiger partial charge in [-0.3, -0.25) is 0 Å². The number of phenols is 2. The van der Waals surface area contributed by atoms with E-state index in [1.165, 1.54) is 6.07 Å². The van der Waals surface area contributed by atoms with Gasteiger partial charge in [-0.2, -0.15) is 0 Å². The molecule has 4 rings (SSSR count). The third kappa shape index (κ3) is 2.67. The van der Waals surface area contributed by atoms with Gasteiger partial charge in [0.1, 0.15) is 22.8 Å². The van der Waals surface area contributed by atoms with Crippen LogP contribution in [0.4, 0.5) is 0 Å². The lowest BCUT2D eigenvalue weighted by Crippen LogP contribution is -2.06. The van der Waals surface area contributed by atoms with E-state index in [0.29, 0.717) is 40.7 Å². The zero-order valence-corrected chi connectivity index (χ0v) is 15.4. The number of benzene rings is 2. The molecule has 138 valence electrons. The number of ether oxygens (including phenoxy) is 1. The Morgan fingerprint density at radius 3 is 2.74 bits per heavy atom. The number of hydrogen-bond donors (Lipinski definition) is 2. The van der Waals surface area contributed by atoms with Crippen molar-refractivity contribution in [1.82, 2.24) is 0 Å². The highest BCUT2D eigenvalue weighted by atomic mass is 16.5. The average Bonchev–Trinajstić information content (AvgIpc) is 2.98. The van der Waals surface area contributed by atoms with E-state index in [4.69, 9.17) is 9.15 Å². The van der Waals surface area contributed by atoms with Crippen LogP contribution in [0, 0.1) is 0 Å². The first-order valence-electron chi connectivity index (χ1n) is 8.74. The van der Waals surface area contributed by atoms with Gasteiger partial charge in [0.05, 0.1) is 18.1 Å². The number of methoxy groups -OCH3 is 1. The minimum Gasteiger partial charge on any atom is -0.508 e. The molecule has 0 amide bonds. The quantitative estimate of drug-likeness (QED) is 0.419. The van der Waals surface area contributed by atoms with Crippen LogP contribution in [-0.4, -0.2) is 17.3 Å². The molecule has 0 atom stereocenters. The first-order valence-corrected chi connectivity index (χ1v) is 8.74. The Morgan fingerprint density at radius 1 is 1.26 bits per heavy atom. The van der Waals surface area contributed by atoms with E-state index in [1.54, 1.807) is 25.3 Å². The maximum atomic E-state index is 12.6. The predicted molar refractivity (Wildman–Crippen MR) is 104 cm³/mol. The normalized spacial score (nSPS) is 12.0. The van der Waals surface area contributed by atoms with E-state index in [9.17, 15) is 15.0 Å². The molecule has 27 heavy (non-hydrogen) atoms. The van der Waals surface area contributed by atoms with Crippen molar-refractivity contribution in [3.05, 3.63) is 63.0 Å². The van der Waals surface area contributed by atoms with Gasteiger partial charge >= 0.3 is 5.63 Å². The van der Waals surface area contributed by atoms with Crippen molar-refractivity contribution in [2.75, 3.05) is 7.11 Å². The summed E-state index contributed by atoms with van der Waals surface area (Å²) >= 11 is 0. The van der Waals surface area contributed by atoms with Crippen molar-refractivity contribution in [2.45, 2.75) is 26.7 Å². The maximum absolute atomic E-state index is 12.6. The van der Waals surface area contributed by atoms with Crippen LogP contribution in [0.3, 0.4) is 0 Å². The molecular weight excluding hydrogens is 344 g/mol. The number of aromatic hydroxyl groups is 2. The van der Waals surface area contributed by atoms with Crippen molar-refractivity contribution in [3.63, 3.8) is 0 Å². The second-order valence-corrected chi connectivity index (χ2v) is 7.03. The molecule has 1 aliphatic rings. The third-order valence-corrected chi connectivity index (χ3v) is 4.98. The molecule has 0 radical (unpaired) electrons. The molecular formula is C22H20O5. The van der Waals surface area contributed by atoms with Crippen LogP contribution in [-0.2, 0) is 12.8 Å². The topological polar surface area (TPSA) is 79.9 Å². The fraction of sp³-hybridized carbons (Fsp3) is 0.227. The summed E-state index contributed by atoms with van der Waals surface area (Å²) in [6.07, 6.45) is 3.01. The average molecular weight is 364 g/mol. The first-order chi connectivity index (χ1) is 12.9. The lowest BCUT2D eigenvalue weighted by atomic mass is 9.98. The van der Waals surface area contributed by atoms with Crippen LogP contribution in [0.2, 0.25) is 0 Å². The summed E-state index contributed by atoms with van der Waals surface area (Å²) in [5.41, 5.74) is 4.55. The SMILES string of the molecule is COc1c(CC=C(C)C)c(O)cc2oc(=O)c3c(c12)Cc1cc(O)ccc1-3. The highest BCUT2D eigenvalue weighted by Crippen LogP contribution is 2.45. The molecule has 0 spiro atoms. The van der Waals surface area contributed by atoms with Gasteiger partial charge in [0.25, 0.3) is 0 Å². The van der Waals surface area contributed by atoms with Gasteiger partial charge in [-0.1, -0.05) is 17.7 Å². The number of phenolic OH excluding ortho intramolecular Hbond substituents is 2. The number of allylic oxidation sites excluding steroid dienone is 2. The smallest absolute Gasteiger partial charge is 0.344 e. The predicted octanol–water partition coefficient (Wildman–Crippen LogP) is 4.29. The Kier molecular flexibility index (Phi) is 3.95. The third-order valence-electron chi connectivity index (χ3n) is 4.98. The van der Waals surface area contributed by atoms with Crippen molar-refractivity contribution in [2.24, 2.45) is 0 Å². The lowest BCUT2D eigenvalue weighted by molar-refractivity contribution is 0.404. The van der Waals surface area contributed by atoms with Crippen molar-refractivity contribution < 1.29 is 19.4 Å². The summed E-state index contributed by atoms with van der Waals surface area (Å²) in [6.45, 7) is 3.98. The Balaban J connectivity index is 2.06. The highest BCUT2D eigenvalue weighted by Gasteiger charge is 2.29. The monoisotopic (exact) mass is 364 g/mol. The lowest BCUT2D eigenvalue weighted by Gasteiger charge is -2.14. The second-order valence-electron chi connectivity index (χ2n) is 7.03. The first kappa shape index (κ1) is 17.2. The molecule has 3 aromatic rings. The molecule has 0 saturated heterocycles. The van der Waals surface area contributed by atoms with Gasteiger partial charge in [-0.05, 0) is 55.5 Å². The second kappa shape index (κ2) is 6.20. The van der Waals surface area contributed by atoms with Gasteiger partial charge in [0, 0.05) is 11.6 Å². The highest BCUT2D eigenvalue weighted by molar-refractivity contribution is 5.97. The largest absolute Gasteiger partial charge is 0.508 e. The van der Waals surface area contributed by atoms with Crippen LogP contribution < -0.4 is 10.4 Å². The molecule has 2 aromatic carbocycles. The van der Waals surface area contributed by atoms with E-state index in [0.717, 1.165) is 22.3 Å². The van der Waals surface area contributed by atoms with E-state index >= 15 is 0 Å². The zero-order chi connectivity index (χ0) is 19.3. The van der Waals surface area contributed by atoms with Gasteiger partial charge in [-0.15, -0.1) is 0 Å². The van der Waals surface area contributed by atoms with Crippen LogP contribution in [0.1, 0.15) is 30.5 Å². The Bertz CT molecular complexity index is 1160. The van der Waals surface area contributed by atoms with Crippen LogP contribution in [0.5, 0.6) is 17.2 Å². The van der Waals surface area contributed by atoms with Gasteiger partial charge < -0.3 is 19.4 Å². The summed E-state index contributed by atoms with van der Waals surface area (Å²) in [5.74, 6) is 0.705. The molecule has 2 N–H and O–H groups in total. The van der Waals surface area contributed by atoms with Crippen LogP contribution in [0.15, 0.2) is 45.1 Å². The van der Waals surface area contributed by atoms with E-state index in [1.807, 2.05) is 19.9 Å². The van der Waals surface area contributed by atoms with Gasteiger partial charge in [0.15, 0.2) is 0 Å². The Labute approximate surface area is 156 Å². The molecule has 1 aromatic heterocycles.